The van der Waals surface area contributed by atoms with Gasteiger partial charge in [0.2, 0.25) is 0 Å². The zero-order valence-corrected chi connectivity index (χ0v) is 16.0. The van der Waals surface area contributed by atoms with Crippen LogP contribution in [0.25, 0.3) is 16.9 Å². The number of fused-ring (bicyclic) bond motifs is 1. The molecule has 3 aromatic rings. The van der Waals surface area contributed by atoms with E-state index in [-0.39, 0.29) is 5.92 Å². The molecule has 3 heterocycles. The van der Waals surface area contributed by atoms with E-state index in [1.165, 1.54) is 5.56 Å². The van der Waals surface area contributed by atoms with Crippen LogP contribution < -0.4 is 0 Å². The average Bonchev–Trinajstić information content (AvgIpc) is 3.00. The highest BCUT2D eigenvalue weighted by atomic mass is 35.5. The number of benzene rings is 1. The van der Waals surface area contributed by atoms with Gasteiger partial charge in [-0.2, -0.15) is 0 Å². The van der Waals surface area contributed by atoms with Crippen LogP contribution in [0.2, 0.25) is 5.02 Å². The van der Waals surface area contributed by atoms with Gasteiger partial charge in [0.1, 0.15) is 5.65 Å². The minimum absolute atomic E-state index is 0.221. The molecule has 0 unspecified atom stereocenters. The van der Waals surface area contributed by atoms with E-state index >= 15 is 0 Å². The summed E-state index contributed by atoms with van der Waals surface area (Å²) in [6.07, 6.45) is 3.46. The summed E-state index contributed by atoms with van der Waals surface area (Å²) in [7, 11) is 0. The molecular formula is C21H22ClN3O2. The monoisotopic (exact) mass is 383 g/mol. The zero-order chi connectivity index (χ0) is 19.0. The second-order valence-electron chi connectivity index (χ2n) is 7.23. The fourth-order valence-corrected chi connectivity index (χ4v) is 3.86. The average molecular weight is 384 g/mol. The van der Waals surface area contributed by atoms with Gasteiger partial charge in [0.15, 0.2) is 0 Å². The third-order valence-corrected chi connectivity index (χ3v) is 5.56. The molecule has 0 aliphatic carbocycles. The van der Waals surface area contributed by atoms with Gasteiger partial charge in [-0.05, 0) is 62.7 Å². The lowest BCUT2D eigenvalue weighted by Gasteiger charge is -2.30. The highest BCUT2D eigenvalue weighted by Gasteiger charge is 2.26. The lowest BCUT2D eigenvalue weighted by Crippen LogP contribution is -2.36. The number of likely N-dealkylation sites (tertiary alicyclic amines) is 1. The molecule has 1 saturated heterocycles. The molecule has 1 aromatic carbocycles. The molecule has 1 aliphatic rings. The molecule has 4 rings (SSSR count). The minimum atomic E-state index is -0.679. The SMILES string of the molecule is Cc1ccn2c(CN3CCC(C(=O)O)CC3)c(-c3ccc(Cl)cc3)nc2c1. The molecule has 0 radical (unpaired) electrons. The van der Waals surface area contributed by atoms with E-state index in [9.17, 15) is 9.90 Å². The number of carboxylic acids is 1. The number of aryl methyl sites for hydroxylation is 1. The summed E-state index contributed by atoms with van der Waals surface area (Å²) in [6.45, 7) is 4.38. The molecule has 6 heteroatoms. The Labute approximate surface area is 163 Å². The Morgan fingerprint density at radius 1 is 1.22 bits per heavy atom. The number of imidazole rings is 1. The molecule has 140 valence electrons. The standard InChI is InChI=1S/C21H22ClN3O2/c1-14-6-11-25-18(13-24-9-7-16(8-10-24)21(26)27)20(23-19(25)12-14)15-2-4-17(22)5-3-15/h2-6,11-12,16H,7-10,13H2,1H3,(H,26,27). The van der Waals surface area contributed by atoms with Crippen molar-refractivity contribution < 1.29 is 9.90 Å². The van der Waals surface area contributed by atoms with Crippen LogP contribution in [-0.4, -0.2) is 38.4 Å². The van der Waals surface area contributed by atoms with Gasteiger partial charge in [0.25, 0.3) is 0 Å². The summed E-state index contributed by atoms with van der Waals surface area (Å²) in [4.78, 5) is 18.4. The summed E-state index contributed by atoms with van der Waals surface area (Å²) >= 11 is 6.05. The number of carboxylic acid groups (broad SMARTS) is 1. The summed E-state index contributed by atoms with van der Waals surface area (Å²) in [5, 5.41) is 9.92. The molecule has 0 bridgehead atoms. The zero-order valence-electron chi connectivity index (χ0n) is 15.2. The normalized spacial score (nSPS) is 16.1. The van der Waals surface area contributed by atoms with Gasteiger partial charge in [-0.15, -0.1) is 0 Å². The second kappa shape index (κ2) is 7.33. The van der Waals surface area contributed by atoms with Crippen molar-refractivity contribution in [2.45, 2.75) is 26.3 Å². The number of rotatable bonds is 4. The van der Waals surface area contributed by atoms with E-state index < -0.39 is 5.97 Å². The van der Waals surface area contributed by atoms with E-state index in [0.29, 0.717) is 17.9 Å². The molecule has 2 aromatic heterocycles. The van der Waals surface area contributed by atoms with Gasteiger partial charge in [0.05, 0.1) is 17.3 Å². The Morgan fingerprint density at radius 2 is 1.93 bits per heavy atom. The Balaban J connectivity index is 1.69. The largest absolute Gasteiger partial charge is 0.481 e. The molecule has 1 fully saturated rings. The maximum absolute atomic E-state index is 11.2. The number of carbonyl (C=O) groups is 1. The van der Waals surface area contributed by atoms with Crippen LogP contribution in [0.15, 0.2) is 42.6 Å². The topological polar surface area (TPSA) is 57.8 Å². The molecule has 0 atom stereocenters. The first-order chi connectivity index (χ1) is 13.0. The number of pyridine rings is 1. The summed E-state index contributed by atoms with van der Waals surface area (Å²) in [5.74, 6) is -0.899. The van der Waals surface area contributed by atoms with Crippen LogP contribution in [-0.2, 0) is 11.3 Å². The molecule has 0 saturated carbocycles. The quantitative estimate of drug-likeness (QED) is 0.731. The predicted octanol–water partition coefficient (Wildman–Crippen LogP) is 4.26. The Morgan fingerprint density at radius 3 is 2.59 bits per heavy atom. The van der Waals surface area contributed by atoms with Crippen molar-refractivity contribution >= 4 is 23.2 Å². The number of hydrogen-bond donors (Lipinski definition) is 1. The lowest BCUT2D eigenvalue weighted by atomic mass is 9.97. The number of aromatic nitrogens is 2. The first kappa shape index (κ1) is 18.0. The fourth-order valence-electron chi connectivity index (χ4n) is 3.74. The van der Waals surface area contributed by atoms with Crippen molar-refractivity contribution in [3.8, 4) is 11.3 Å². The highest BCUT2D eigenvalue weighted by molar-refractivity contribution is 6.30. The van der Waals surface area contributed by atoms with Gasteiger partial charge >= 0.3 is 5.97 Å². The van der Waals surface area contributed by atoms with E-state index in [4.69, 9.17) is 16.6 Å². The second-order valence-corrected chi connectivity index (χ2v) is 7.67. The van der Waals surface area contributed by atoms with Crippen molar-refractivity contribution in [3.05, 3.63) is 58.9 Å². The Bertz CT molecular complexity index is 973. The summed E-state index contributed by atoms with van der Waals surface area (Å²) in [6, 6.07) is 11.9. The molecule has 1 N–H and O–H groups in total. The van der Waals surface area contributed by atoms with Crippen molar-refractivity contribution in [1.82, 2.24) is 14.3 Å². The summed E-state index contributed by atoms with van der Waals surface area (Å²) < 4.78 is 2.14. The smallest absolute Gasteiger partial charge is 0.306 e. The van der Waals surface area contributed by atoms with E-state index in [0.717, 1.165) is 42.2 Å². The van der Waals surface area contributed by atoms with Gasteiger partial charge < -0.3 is 9.51 Å². The number of hydrogen-bond acceptors (Lipinski definition) is 3. The molecule has 0 spiro atoms. The van der Waals surface area contributed by atoms with Crippen LogP contribution in [0.5, 0.6) is 0 Å². The predicted molar refractivity (Wildman–Crippen MR) is 106 cm³/mol. The van der Waals surface area contributed by atoms with Crippen LogP contribution >= 0.6 is 11.6 Å². The maximum Gasteiger partial charge on any atom is 0.306 e. The Hall–Kier alpha value is -2.37. The summed E-state index contributed by atoms with van der Waals surface area (Å²) in [5.41, 5.74) is 5.22. The van der Waals surface area contributed by atoms with Gasteiger partial charge in [-0.1, -0.05) is 23.7 Å². The van der Waals surface area contributed by atoms with Crippen molar-refractivity contribution in [3.63, 3.8) is 0 Å². The van der Waals surface area contributed by atoms with E-state index in [1.807, 2.05) is 24.3 Å². The van der Waals surface area contributed by atoms with Crippen molar-refractivity contribution in [2.24, 2.45) is 5.92 Å². The first-order valence-corrected chi connectivity index (χ1v) is 9.58. The van der Waals surface area contributed by atoms with Crippen LogP contribution in [0.4, 0.5) is 0 Å². The number of piperidine rings is 1. The molecule has 0 amide bonds. The molecule has 1 aliphatic heterocycles. The third-order valence-electron chi connectivity index (χ3n) is 5.31. The number of nitrogens with zero attached hydrogens (tertiary/aromatic N) is 3. The van der Waals surface area contributed by atoms with Gasteiger partial charge in [0, 0.05) is 23.3 Å². The lowest BCUT2D eigenvalue weighted by molar-refractivity contribution is -0.143. The first-order valence-electron chi connectivity index (χ1n) is 9.20. The molecule has 27 heavy (non-hydrogen) atoms. The Kier molecular flexibility index (Phi) is 4.89. The van der Waals surface area contributed by atoms with Crippen LogP contribution in [0.1, 0.15) is 24.1 Å². The number of aliphatic carboxylic acids is 1. The fraction of sp³-hybridized carbons (Fsp3) is 0.333. The van der Waals surface area contributed by atoms with Crippen LogP contribution in [0.3, 0.4) is 0 Å². The van der Waals surface area contributed by atoms with E-state index in [2.05, 4.69) is 34.6 Å². The van der Waals surface area contributed by atoms with Gasteiger partial charge in [-0.25, -0.2) is 4.98 Å². The molecule has 5 nitrogen and oxygen atoms in total. The van der Waals surface area contributed by atoms with Crippen molar-refractivity contribution in [2.75, 3.05) is 13.1 Å². The van der Waals surface area contributed by atoms with Gasteiger partial charge in [-0.3, -0.25) is 9.69 Å². The highest BCUT2D eigenvalue weighted by Crippen LogP contribution is 2.28. The third kappa shape index (κ3) is 3.70. The van der Waals surface area contributed by atoms with Crippen molar-refractivity contribution in [1.29, 1.82) is 0 Å². The molecular weight excluding hydrogens is 362 g/mol. The number of halogens is 1. The van der Waals surface area contributed by atoms with E-state index in [1.54, 1.807) is 0 Å². The minimum Gasteiger partial charge on any atom is -0.481 e. The van der Waals surface area contributed by atoms with Crippen LogP contribution in [0, 0.1) is 12.8 Å². The maximum atomic E-state index is 11.2.